The summed E-state index contributed by atoms with van der Waals surface area (Å²) in [6.45, 7) is 3.88. The Hall–Kier alpha value is -3.97. The van der Waals surface area contributed by atoms with Crippen molar-refractivity contribution in [3.63, 3.8) is 0 Å². The van der Waals surface area contributed by atoms with Gasteiger partial charge in [-0.25, -0.2) is 4.79 Å². The Labute approximate surface area is 194 Å². The number of carbonyl (C=O) groups excluding carboxylic acids is 2. The zero-order chi connectivity index (χ0) is 23.2. The van der Waals surface area contributed by atoms with Crippen LogP contribution in [-0.4, -0.2) is 41.8 Å². The number of nitrogens with one attached hydrogen (secondary N) is 1. The summed E-state index contributed by atoms with van der Waals surface area (Å²) in [5, 5.41) is 21.3. The Morgan fingerprint density at radius 1 is 1.27 bits per heavy atom. The number of benzene rings is 1. The lowest BCUT2D eigenvalue weighted by Crippen LogP contribution is -2.17. The van der Waals surface area contributed by atoms with E-state index >= 15 is 0 Å². The summed E-state index contributed by atoms with van der Waals surface area (Å²) >= 11 is 1.28. The highest BCUT2D eigenvalue weighted by Gasteiger charge is 2.19. The van der Waals surface area contributed by atoms with Crippen LogP contribution in [0, 0.1) is 11.3 Å². The van der Waals surface area contributed by atoms with E-state index in [9.17, 15) is 14.9 Å². The molecule has 2 aromatic heterocycles. The molecule has 0 bridgehead atoms. The van der Waals surface area contributed by atoms with E-state index in [1.165, 1.54) is 17.4 Å². The molecule has 10 heteroatoms. The molecular formula is C23H21N5O4S. The van der Waals surface area contributed by atoms with Crippen LogP contribution in [0.2, 0.25) is 0 Å². The molecule has 0 saturated carbocycles. The quantitative estimate of drug-likeness (QED) is 0.315. The number of rotatable bonds is 7. The van der Waals surface area contributed by atoms with Gasteiger partial charge in [-0.15, -0.1) is 10.2 Å². The molecule has 33 heavy (non-hydrogen) atoms. The molecule has 0 aliphatic carbocycles. The molecule has 4 rings (SSSR count). The van der Waals surface area contributed by atoms with Crippen LogP contribution in [0.15, 0.2) is 46.4 Å². The Balaban J connectivity index is 1.47. The summed E-state index contributed by atoms with van der Waals surface area (Å²) in [6, 6.07) is 12.1. The third-order valence-electron chi connectivity index (χ3n) is 4.95. The topological polar surface area (TPSA) is 121 Å². The number of hydrogen-bond donors (Lipinski definition) is 1. The lowest BCUT2D eigenvalue weighted by atomic mass is 10.1. The molecule has 3 aromatic rings. The molecule has 9 nitrogen and oxygen atoms in total. The van der Waals surface area contributed by atoms with Gasteiger partial charge < -0.3 is 14.1 Å². The minimum absolute atomic E-state index is 0.130. The molecule has 1 aromatic carbocycles. The van der Waals surface area contributed by atoms with Gasteiger partial charge in [-0.2, -0.15) is 5.26 Å². The Kier molecular flexibility index (Phi) is 6.80. The van der Waals surface area contributed by atoms with Gasteiger partial charge in [0.2, 0.25) is 10.3 Å². The van der Waals surface area contributed by atoms with Gasteiger partial charge in [0.25, 0.3) is 5.91 Å². The third kappa shape index (κ3) is 5.27. The zero-order valence-corrected chi connectivity index (χ0v) is 18.7. The first kappa shape index (κ1) is 22.2. The van der Waals surface area contributed by atoms with Crippen LogP contribution in [0.3, 0.4) is 0 Å². The van der Waals surface area contributed by atoms with Crippen molar-refractivity contribution in [2.24, 2.45) is 0 Å². The summed E-state index contributed by atoms with van der Waals surface area (Å²) in [5.74, 6) is -0.194. The van der Waals surface area contributed by atoms with E-state index in [2.05, 4.69) is 20.4 Å². The van der Waals surface area contributed by atoms with Gasteiger partial charge in [0, 0.05) is 24.7 Å². The number of nitrogens with zero attached hydrogens (tertiary/aromatic N) is 4. The third-order valence-corrected chi connectivity index (χ3v) is 5.85. The molecule has 0 spiro atoms. The molecule has 1 saturated heterocycles. The summed E-state index contributed by atoms with van der Waals surface area (Å²) in [5.41, 5.74) is 0.950. The second-order valence-electron chi connectivity index (χ2n) is 7.21. The normalized spacial score (nSPS) is 13.6. The van der Waals surface area contributed by atoms with E-state index in [1.807, 2.05) is 6.07 Å². The number of aromatic nitrogens is 2. The van der Waals surface area contributed by atoms with Gasteiger partial charge in [-0.1, -0.05) is 23.5 Å². The van der Waals surface area contributed by atoms with Crippen LogP contribution < -0.4 is 10.2 Å². The van der Waals surface area contributed by atoms with Gasteiger partial charge in [0.05, 0.1) is 12.2 Å². The molecule has 1 aliphatic rings. The van der Waals surface area contributed by atoms with Gasteiger partial charge >= 0.3 is 5.97 Å². The van der Waals surface area contributed by atoms with Crippen LogP contribution in [0.1, 0.15) is 35.9 Å². The summed E-state index contributed by atoms with van der Waals surface area (Å²) in [4.78, 5) is 26.7. The summed E-state index contributed by atoms with van der Waals surface area (Å²) in [7, 11) is 0. The van der Waals surface area contributed by atoms with Crippen molar-refractivity contribution in [1.29, 1.82) is 5.26 Å². The molecule has 0 atom stereocenters. The Morgan fingerprint density at radius 3 is 2.85 bits per heavy atom. The molecule has 1 amide bonds. The van der Waals surface area contributed by atoms with Gasteiger partial charge in [0.1, 0.15) is 23.2 Å². The largest absolute Gasteiger partial charge is 0.462 e. The SMILES string of the molecule is CCOC(=O)c1cccc(-c2ccc(/C=C(/C#N)C(=O)Nc3nnc(N4CCCC4)s3)o2)c1. The first-order valence-electron chi connectivity index (χ1n) is 10.5. The van der Waals surface area contributed by atoms with Crippen LogP contribution in [0.4, 0.5) is 10.3 Å². The van der Waals surface area contributed by atoms with Crippen molar-refractivity contribution in [2.75, 3.05) is 29.9 Å². The van der Waals surface area contributed by atoms with E-state index in [-0.39, 0.29) is 12.2 Å². The van der Waals surface area contributed by atoms with Crippen molar-refractivity contribution < 1.29 is 18.7 Å². The summed E-state index contributed by atoms with van der Waals surface area (Å²) in [6.07, 6.45) is 3.58. The van der Waals surface area contributed by atoms with E-state index < -0.39 is 11.9 Å². The predicted octanol–water partition coefficient (Wildman–Crippen LogP) is 4.12. The molecule has 0 radical (unpaired) electrons. The van der Waals surface area contributed by atoms with E-state index in [1.54, 1.807) is 43.3 Å². The Bertz CT molecular complexity index is 1230. The molecular weight excluding hydrogens is 442 g/mol. The second kappa shape index (κ2) is 10.1. The molecule has 1 aliphatic heterocycles. The van der Waals surface area contributed by atoms with Crippen LogP contribution in [0.25, 0.3) is 17.4 Å². The number of furan rings is 1. The summed E-state index contributed by atoms with van der Waals surface area (Å²) < 4.78 is 10.8. The monoisotopic (exact) mass is 463 g/mol. The smallest absolute Gasteiger partial charge is 0.338 e. The number of hydrogen-bond acceptors (Lipinski definition) is 9. The Morgan fingerprint density at radius 2 is 2.09 bits per heavy atom. The van der Waals surface area contributed by atoms with E-state index in [0.29, 0.717) is 27.8 Å². The molecule has 0 unspecified atom stereocenters. The number of ether oxygens (including phenoxy) is 1. The molecule has 3 heterocycles. The van der Waals surface area contributed by atoms with Crippen molar-refractivity contribution >= 4 is 39.6 Å². The average Bonchev–Trinajstić information content (AvgIpc) is 3.59. The standard InChI is InChI=1S/C23H21N5O4S/c1-2-31-21(30)16-7-5-6-15(12-16)19-9-8-18(32-19)13-17(14-24)20(29)25-22-26-27-23(33-22)28-10-3-4-11-28/h5-9,12-13H,2-4,10-11H2,1H3,(H,25,26,29)/b17-13-. The molecule has 1 N–H and O–H groups in total. The highest BCUT2D eigenvalue weighted by molar-refractivity contribution is 7.19. The average molecular weight is 464 g/mol. The maximum atomic E-state index is 12.6. The van der Waals surface area contributed by atoms with E-state index in [4.69, 9.17) is 9.15 Å². The fraction of sp³-hybridized carbons (Fsp3) is 0.261. The van der Waals surface area contributed by atoms with Crippen molar-refractivity contribution in [3.05, 3.63) is 53.3 Å². The van der Waals surface area contributed by atoms with Gasteiger partial charge in [0.15, 0.2) is 0 Å². The lowest BCUT2D eigenvalue weighted by molar-refractivity contribution is -0.112. The second-order valence-corrected chi connectivity index (χ2v) is 8.17. The molecule has 1 fully saturated rings. The van der Waals surface area contributed by atoms with Crippen molar-refractivity contribution in [2.45, 2.75) is 19.8 Å². The highest BCUT2D eigenvalue weighted by Crippen LogP contribution is 2.28. The van der Waals surface area contributed by atoms with Crippen molar-refractivity contribution in [3.8, 4) is 17.4 Å². The minimum Gasteiger partial charge on any atom is -0.462 e. The van der Waals surface area contributed by atoms with Gasteiger partial charge in [-0.3, -0.25) is 10.1 Å². The lowest BCUT2D eigenvalue weighted by Gasteiger charge is -2.10. The fourth-order valence-corrected chi connectivity index (χ4v) is 4.15. The van der Waals surface area contributed by atoms with Crippen LogP contribution >= 0.6 is 11.3 Å². The number of nitriles is 1. The first-order chi connectivity index (χ1) is 16.1. The number of carbonyl (C=O) groups is 2. The maximum absolute atomic E-state index is 12.6. The fourth-order valence-electron chi connectivity index (χ4n) is 3.36. The number of esters is 1. The van der Waals surface area contributed by atoms with Gasteiger partial charge in [-0.05, 0) is 44.0 Å². The molecule has 168 valence electrons. The number of anilines is 2. The number of amides is 1. The zero-order valence-electron chi connectivity index (χ0n) is 17.9. The van der Waals surface area contributed by atoms with Crippen molar-refractivity contribution in [1.82, 2.24) is 10.2 Å². The maximum Gasteiger partial charge on any atom is 0.338 e. The van der Waals surface area contributed by atoms with Crippen LogP contribution in [0.5, 0.6) is 0 Å². The minimum atomic E-state index is -0.594. The highest BCUT2D eigenvalue weighted by atomic mass is 32.1. The first-order valence-corrected chi connectivity index (χ1v) is 11.3. The predicted molar refractivity (Wildman–Crippen MR) is 124 cm³/mol. The van der Waals surface area contributed by atoms with E-state index in [0.717, 1.165) is 31.1 Å². The van der Waals surface area contributed by atoms with Crippen LogP contribution in [-0.2, 0) is 9.53 Å².